The maximum atomic E-state index is 8.55. The van der Waals surface area contributed by atoms with Crippen LogP contribution in [0.4, 0.5) is 0 Å². The molecule has 8 heteroatoms. The van der Waals surface area contributed by atoms with E-state index >= 15 is 0 Å². The Morgan fingerprint density at radius 1 is 1.05 bits per heavy atom. The van der Waals surface area contributed by atoms with Crippen LogP contribution < -0.4 is 71.3 Å². The quantitative estimate of drug-likeness (QED) is 0.377. The SMILES string of the molecule is CCc1cccc(C(C)(C)C)c1.O=P([O-])([O-])[O-].[Li+].[Li+].[Li+]. The average molecular weight is 278 g/mol. The van der Waals surface area contributed by atoms with Gasteiger partial charge in [0.1, 0.15) is 0 Å². The Hall–Kier alpha value is 1.12. The minimum absolute atomic E-state index is 0. The molecule has 98 valence electrons. The van der Waals surface area contributed by atoms with Crippen molar-refractivity contribution in [2.24, 2.45) is 0 Å². The molecule has 0 atom stereocenters. The minimum atomic E-state index is -5.39. The van der Waals surface area contributed by atoms with Gasteiger partial charge in [-0.05, 0) is 23.0 Å². The van der Waals surface area contributed by atoms with Gasteiger partial charge in [0.25, 0.3) is 0 Å². The maximum Gasteiger partial charge on any atom is 1.00 e. The average Bonchev–Trinajstić information content (AvgIpc) is 2.14. The van der Waals surface area contributed by atoms with Crippen LogP contribution in [-0.4, -0.2) is 0 Å². The van der Waals surface area contributed by atoms with Crippen molar-refractivity contribution in [1.82, 2.24) is 0 Å². The van der Waals surface area contributed by atoms with Gasteiger partial charge in [0, 0.05) is 0 Å². The fourth-order valence-electron chi connectivity index (χ4n) is 1.26. The molecular weight excluding hydrogens is 260 g/mol. The van der Waals surface area contributed by atoms with Crippen LogP contribution in [0.5, 0.6) is 0 Å². The van der Waals surface area contributed by atoms with Gasteiger partial charge in [-0.2, -0.15) is 7.82 Å². The Labute approximate surface area is 157 Å². The first-order valence-corrected chi connectivity index (χ1v) is 6.82. The summed E-state index contributed by atoms with van der Waals surface area (Å²) in [5, 5.41) is 0. The Morgan fingerprint density at radius 2 is 1.45 bits per heavy atom. The zero-order valence-corrected chi connectivity index (χ0v) is 14.5. The minimum Gasteiger partial charge on any atom is -0.822 e. The van der Waals surface area contributed by atoms with Gasteiger partial charge in [-0.3, -0.25) is 0 Å². The molecule has 1 rings (SSSR count). The normalized spacial score (nSPS) is 9.95. The number of phosphoric acid groups is 1. The van der Waals surface area contributed by atoms with Gasteiger partial charge >= 0.3 is 56.6 Å². The number of rotatable bonds is 1. The van der Waals surface area contributed by atoms with Crippen LogP contribution in [0.15, 0.2) is 24.3 Å². The molecule has 0 unspecified atom stereocenters. The predicted octanol–water partition coefficient (Wildman–Crippen LogP) is -8.27. The van der Waals surface area contributed by atoms with Crippen molar-refractivity contribution in [3.05, 3.63) is 35.4 Å². The molecule has 0 amide bonds. The molecule has 4 nitrogen and oxygen atoms in total. The summed E-state index contributed by atoms with van der Waals surface area (Å²) in [4.78, 5) is 25.6. The van der Waals surface area contributed by atoms with Crippen molar-refractivity contribution in [2.75, 3.05) is 0 Å². The van der Waals surface area contributed by atoms with Crippen molar-refractivity contribution in [3.63, 3.8) is 0 Å². The number of hydrogen-bond donors (Lipinski definition) is 0. The van der Waals surface area contributed by atoms with Gasteiger partial charge in [-0.15, -0.1) is 0 Å². The van der Waals surface area contributed by atoms with Crippen molar-refractivity contribution in [1.29, 1.82) is 0 Å². The summed E-state index contributed by atoms with van der Waals surface area (Å²) in [5.74, 6) is 0. The molecule has 0 aliphatic carbocycles. The molecule has 1 aromatic carbocycles. The summed E-state index contributed by atoms with van der Waals surface area (Å²) in [6.45, 7) is 8.95. The first kappa shape index (κ1) is 29.2. The van der Waals surface area contributed by atoms with E-state index in [1.807, 2.05) is 0 Å². The van der Waals surface area contributed by atoms with Crippen LogP contribution in [0.25, 0.3) is 0 Å². The fourth-order valence-corrected chi connectivity index (χ4v) is 1.26. The molecule has 0 aliphatic heterocycles. The maximum absolute atomic E-state index is 8.55. The molecule has 0 heterocycles. The molecule has 0 fully saturated rings. The van der Waals surface area contributed by atoms with E-state index in [1.165, 1.54) is 11.1 Å². The van der Waals surface area contributed by atoms with Crippen LogP contribution in [-0.2, 0) is 16.4 Å². The van der Waals surface area contributed by atoms with Gasteiger partial charge in [0.15, 0.2) is 0 Å². The number of aryl methyl sites for hydroxylation is 1. The summed E-state index contributed by atoms with van der Waals surface area (Å²) in [6, 6.07) is 8.85. The molecule has 0 spiro atoms. The Bertz CT molecular complexity index is 394. The standard InChI is InChI=1S/C12H18.3Li.H3O4P/c1-5-10-7-6-8-11(9-10)12(2,3)4;;;;1-5(2,3)4/h6-9H,5H2,1-4H3;;;;(H3,1,2,3,4)/q;3*+1;/p-3. The molecule has 1 aromatic rings. The van der Waals surface area contributed by atoms with E-state index < -0.39 is 7.82 Å². The zero-order valence-electron chi connectivity index (χ0n) is 13.6. The first-order chi connectivity index (χ1) is 7.54. The monoisotopic (exact) mass is 278 g/mol. The third-order valence-corrected chi connectivity index (χ3v) is 2.20. The number of hydrogen-bond acceptors (Lipinski definition) is 4. The molecule has 0 aromatic heterocycles. The molecule has 0 radical (unpaired) electrons. The Balaban J connectivity index is -0.000000141. The topological polar surface area (TPSA) is 86.2 Å². The fraction of sp³-hybridized carbons (Fsp3) is 0.500. The van der Waals surface area contributed by atoms with Crippen LogP contribution in [0, 0.1) is 0 Å². The van der Waals surface area contributed by atoms with Crippen LogP contribution in [0.2, 0.25) is 0 Å². The second-order valence-electron chi connectivity index (χ2n) is 4.75. The van der Waals surface area contributed by atoms with Gasteiger partial charge in [-0.25, -0.2) is 0 Å². The van der Waals surface area contributed by atoms with Crippen molar-refractivity contribution < 1.29 is 75.8 Å². The largest absolute Gasteiger partial charge is 1.00 e. The number of benzene rings is 1. The smallest absolute Gasteiger partial charge is 0.822 e. The Morgan fingerprint density at radius 3 is 1.75 bits per heavy atom. The molecular formula is C12H18Li3O4P. The van der Waals surface area contributed by atoms with Gasteiger partial charge in [0.05, 0.1) is 0 Å². The molecule has 0 saturated heterocycles. The summed E-state index contributed by atoms with van der Waals surface area (Å²) >= 11 is 0. The van der Waals surface area contributed by atoms with Crippen molar-refractivity contribution >= 4 is 7.82 Å². The van der Waals surface area contributed by atoms with E-state index in [0.717, 1.165) is 6.42 Å². The molecule has 0 N–H and O–H groups in total. The van der Waals surface area contributed by atoms with Crippen molar-refractivity contribution in [2.45, 2.75) is 39.5 Å². The van der Waals surface area contributed by atoms with Crippen LogP contribution >= 0.6 is 7.82 Å². The second-order valence-corrected chi connectivity index (χ2v) is 5.65. The molecule has 0 saturated carbocycles. The van der Waals surface area contributed by atoms with E-state index in [4.69, 9.17) is 19.2 Å². The van der Waals surface area contributed by atoms with E-state index in [2.05, 4.69) is 52.0 Å². The molecule has 0 bridgehead atoms. The second kappa shape index (κ2) is 12.6. The Kier molecular flexibility index (Phi) is 18.4. The summed E-state index contributed by atoms with van der Waals surface area (Å²) in [7, 11) is -5.39. The van der Waals surface area contributed by atoms with Crippen LogP contribution in [0.1, 0.15) is 38.8 Å². The molecule has 20 heavy (non-hydrogen) atoms. The molecule has 0 aliphatic rings. The van der Waals surface area contributed by atoms with Crippen molar-refractivity contribution in [3.8, 4) is 0 Å². The third kappa shape index (κ3) is 17.2. The van der Waals surface area contributed by atoms with E-state index in [-0.39, 0.29) is 62.0 Å². The van der Waals surface area contributed by atoms with E-state index in [1.54, 1.807) is 0 Å². The van der Waals surface area contributed by atoms with Gasteiger partial charge < -0.3 is 19.2 Å². The first-order valence-electron chi connectivity index (χ1n) is 5.36. The van der Waals surface area contributed by atoms with E-state index in [9.17, 15) is 0 Å². The third-order valence-electron chi connectivity index (χ3n) is 2.20. The van der Waals surface area contributed by atoms with Gasteiger partial charge in [0.2, 0.25) is 0 Å². The zero-order chi connectivity index (χ0) is 13.7. The van der Waals surface area contributed by atoms with E-state index in [0.29, 0.717) is 0 Å². The summed E-state index contributed by atoms with van der Waals surface area (Å²) in [5.41, 5.74) is 3.15. The summed E-state index contributed by atoms with van der Waals surface area (Å²) in [6.07, 6.45) is 1.13. The summed E-state index contributed by atoms with van der Waals surface area (Å²) < 4.78 is 8.55. The van der Waals surface area contributed by atoms with Gasteiger partial charge in [-0.1, -0.05) is 52.0 Å². The predicted molar refractivity (Wildman–Crippen MR) is 62.1 cm³/mol. The van der Waals surface area contributed by atoms with Crippen LogP contribution in [0.3, 0.4) is 0 Å².